The van der Waals surface area contributed by atoms with Crippen LogP contribution < -0.4 is 0 Å². The van der Waals surface area contributed by atoms with E-state index in [2.05, 4.69) is 52.4 Å². The molecule has 0 bridgehead atoms. The summed E-state index contributed by atoms with van der Waals surface area (Å²) in [4.78, 5) is 11.6. The Kier molecular flexibility index (Phi) is 11.9. The molecule has 0 rings (SSSR count). The van der Waals surface area contributed by atoms with E-state index in [1.165, 1.54) is 6.08 Å². The molecule has 0 aromatic rings. The smallest absolute Gasteiger partial charge is 0.463 e. The maximum Gasteiger partial charge on any atom is 0.469 e. The number of aliphatic hydroxyl groups is 1. The van der Waals surface area contributed by atoms with Gasteiger partial charge in [-0.15, -0.1) is 0 Å². The van der Waals surface area contributed by atoms with Gasteiger partial charge in [-0.2, -0.15) is 0 Å². The largest absolute Gasteiger partial charge is 0.469 e. The monoisotopic (exact) mass is 466 g/mol. The average molecular weight is 467 g/mol. The van der Waals surface area contributed by atoms with Crippen molar-refractivity contribution in [3.05, 3.63) is 12.2 Å². The number of carbonyl (C=O) groups is 1. The minimum atomic E-state index is -2.95. The van der Waals surface area contributed by atoms with Crippen molar-refractivity contribution in [1.29, 1.82) is 0 Å². The molecule has 0 aromatic heterocycles. The van der Waals surface area contributed by atoms with Gasteiger partial charge in [-0.25, -0.2) is 4.79 Å². The van der Waals surface area contributed by atoms with Crippen LogP contribution in [0.2, 0.25) is 64.5 Å². The number of allylic oxidation sites excluding steroid dienone is 1. The minimum Gasteiger partial charge on any atom is -0.463 e. The second-order valence-electron chi connectivity index (χ2n) is 9.57. The predicted octanol–water partition coefficient (Wildman–Crippen LogP) is 4.74. The highest BCUT2D eigenvalue weighted by Gasteiger charge is 2.50. The molecule has 0 heterocycles. The van der Waals surface area contributed by atoms with Crippen LogP contribution in [0.5, 0.6) is 0 Å². The van der Waals surface area contributed by atoms with E-state index in [1.54, 1.807) is 13.0 Å². The van der Waals surface area contributed by atoms with E-state index in [4.69, 9.17) is 17.1 Å². The maximum atomic E-state index is 11.6. The third kappa shape index (κ3) is 14.0. The van der Waals surface area contributed by atoms with Crippen LogP contribution in [0.3, 0.4) is 0 Å². The van der Waals surface area contributed by atoms with Gasteiger partial charge in [0.05, 0.1) is 6.61 Å². The van der Waals surface area contributed by atoms with Crippen LogP contribution >= 0.6 is 0 Å². The Balaban J connectivity index is 5.49. The van der Waals surface area contributed by atoms with Crippen molar-refractivity contribution in [3.63, 3.8) is 0 Å². The molecule has 6 nitrogen and oxygen atoms in total. The predicted molar refractivity (Wildman–Crippen MR) is 125 cm³/mol. The summed E-state index contributed by atoms with van der Waals surface area (Å²) in [7, 11) is -8.89. The van der Waals surface area contributed by atoms with Gasteiger partial charge < -0.3 is 22.2 Å². The highest BCUT2D eigenvalue weighted by molar-refractivity contribution is 6.90. The van der Waals surface area contributed by atoms with E-state index in [9.17, 15) is 9.90 Å². The quantitative estimate of drug-likeness (QED) is 0.172. The molecule has 28 heavy (non-hydrogen) atoms. The zero-order chi connectivity index (χ0) is 22.1. The van der Waals surface area contributed by atoms with Crippen LogP contribution in [0.1, 0.15) is 19.8 Å². The van der Waals surface area contributed by atoms with Gasteiger partial charge in [0, 0.05) is 18.7 Å². The first-order valence-corrected chi connectivity index (χ1v) is 22.0. The van der Waals surface area contributed by atoms with Crippen molar-refractivity contribution in [1.82, 2.24) is 0 Å². The zero-order valence-electron chi connectivity index (χ0n) is 19.4. The molecule has 0 radical (unpaired) electrons. The maximum absolute atomic E-state index is 11.6. The van der Waals surface area contributed by atoms with E-state index in [0.29, 0.717) is 19.1 Å². The fourth-order valence-corrected chi connectivity index (χ4v) is 18.4. The molecular formula is C18H42O6Si4. The lowest BCUT2D eigenvalue weighted by atomic mass is 10.5. The number of esters is 1. The number of rotatable bonds is 14. The van der Waals surface area contributed by atoms with Crippen molar-refractivity contribution >= 4 is 39.7 Å². The van der Waals surface area contributed by atoms with Gasteiger partial charge >= 0.3 is 14.8 Å². The molecule has 166 valence electrons. The molecule has 0 atom stereocenters. The molecule has 0 spiro atoms. The van der Waals surface area contributed by atoms with Crippen molar-refractivity contribution in [2.45, 2.75) is 84.2 Å². The lowest BCUT2D eigenvalue weighted by Gasteiger charge is -2.43. The van der Waals surface area contributed by atoms with Crippen molar-refractivity contribution < 1.29 is 27.0 Å². The number of hydrogen-bond acceptors (Lipinski definition) is 6. The third-order valence-corrected chi connectivity index (χ3v) is 16.8. The standard InChI is InChI=1S/C18H42O6Si4/c1-10-13-18(20)21-15-12-17-28(22-25(2,3)4,23-26(5,6)7)24-27(8,9)16-11-14-19/h10,13,19H,11-12,14-17H2,1-9H3. The SMILES string of the molecule is CC=CC(=O)OCCC[Si](O[Si](C)(C)C)(O[Si](C)(C)C)O[Si](C)(C)CCCO. The van der Waals surface area contributed by atoms with Crippen molar-refractivity contribution in [3.8, 4) is 0 Å². The molecule has 0 amide bonds. The van der Waals surface area contributed by atoms with Gasteiger partial charge in [0.1, 0.15) is 0 Å². The molecule has 10 heteroatoms. The molecule has 0 saturated heterocycles. The number of carbonyl (C=O) groups excluding carboxylic acids is 1. The molecule has 0 saturated carbocycles. The first-order chi connectivity index (χ1) is 12.6. The fourth-order valence-electron chi connectivity index (χ4n) is 2.77. The van der Waals surface area contributed by atoms with Gasteiger partial charge in [-0.05, 0) is 78.2 Å². The third-order valence-electron chi connectivity index (χ3n) is 3.47. The molecule has 1 N–H and O–H groups in total. The van der Waals surface area contributed by atoms with Crippen LogP contribution in [-0.2, 0) is 21.9 Å². The van der Waals surface area contributed by atoms with E-state index in [-0.39, 0.29) is 12.6 Å². The number of aliphatic hydroxyl groups excluding tert-OH is 1. The first kappa shape index (κ1) is 27.9. The summed E-state index contributed by atoms with van der Waals surface area (Å²) >= 11 is 0. The Labute approximate surface area is 176 Å². The van der Waals surface area contributed by atoms with Crippen molar-refractivity contribution in [2.75, 3.05) is 13.2 Å². The Morgan fingerprint density at radius 1 is 0.857 bits per heavy atom. The van der Waals surface area contributed by atoms with E-state index in [1.807, 2.05) is 0 Å². The molecule has 0 fully saturated rings. The van der Waals surface area contributed by atoms with Crippen LogP contribution in [-0.4, -0.2) is 58.0 Å². The van der Waals surface area contributed by atoms with E-state index < -0.39 is 33.8 Å². The minimum absolute atomic E-state index is 0.166. The van der Waals surface area contributed by atoms with Gasteiger partial charge in [-0.3, -0.25) is 0 Å². The molecule has 0 aliphatic carbocycles. The van der Waals surface area contributed by atoms with Gasteiger partial charge in [0.25, 0.3) is 0 Å². The molecule has 0 aromatic carbocycles. The second-order valence-corrected chi connectivity index (χ2v) is 26.4. The topological polar surface area (TPSA) is 74.2 Å². The highest BCUT2D eigenvalue weighted by Crippen LogP contribution is 2.31. The van der Waals surface area contributed by atoms with Crippen LogP contribution in [0.4, 0.5) is 0 Å². The summed E-state index contributed by atoms with van der Waals surface area (Å²) in [6.45, 7) is 19.5. The summed E-state index contributed by atoms with van der Waals surface area (Å²) in [5, 5.41) is 9.25. The Bertz CT molecular complexity index is 481. The normalized spacial score (nSPS) is 13.9. The van der Waals surface area contributed by atoms with Gasteiger partial charge in [0.15, 0.2) is 25.0 Å². The summed E-state index contributed by atoms with van der Waals surface area (Å²) in [5.74, 6) is -0.328. The second kappa shape index (κ2) is 11.9. The summed E-state index contributed by atoms with van der Waals surface area (Å²) in [5.41, 5.74) is 0. The van der Waals surface area contributed by atoms with Gasteiger partial charge in [-0.1, -0.05) is 6.08 Å². The summed E-state index contributed by atoms with van der Waals surface area (Å²) < 4.78 is 25.4. The molecule has 0 unspecified atom stereocenters. The summed E-state index contributed by atoms with van der Waals surface area (Å²) in [6, 6.07) is 1.50. The first-order valence-electron chi connectivity index (χ1n) is 10.1. The Morgan fingerprint density at radius 2 is 1.39 bits per heavy atom. The Hall–Kier alpha value is -0.0825. The summed E-state index contributed by atoms with van der Waals surface area (Å²) in [6.07, 6.45) is 4.46. The van der Waals surface area contributed by atoms with Crippen LogP contribution in [0.15, 0.2) is 12.2 Å². The highest BCUT2D eigenvalue weighted by atomic mass is 28.5. The lowest BCUT2D eigenvalue weighted by molar-refractivity contribution is -0.137. The lowest BCUT2D eigenvalue weighted by Crippen LogP contribution is -2.61. The van der Waals surface area contributed by atoms with E-state index >= 15 is 0 Å². The fraction of sp³-hybridized carbons (Fsp3) is 0.833. The van der Waals surface area contributed by atoms with Gasteiger partial charge in [0.2, 0.25) is 0 Å². The van der Waals surface area contributed by atoms with Crippen LogP contribution in [0, 0.1) is 0 Å². The number of ether oxygens (including phenoxy) is 1. The molecule has 0 aliphatic rings. The average Bonchev–Trinajstić information content (AvgIpc) is 2.46. The Morgan fingerprint density at radius 3 is 1.82 bits per heavy atom. The van der Waals surface area contributed by atoms with Crippen LogP contribution in [0.25, 0.3) is 0 Å². The molecule has 0 aliphatic heterocycles. The van der Waals surface area contributed by atoms with E-state index in [0.717, 1.165) is 12.5 Å². The number of hydrogen-bond donors (Lipinski definition) is 1. The molecular weight excluding hydrogens is 425 g/mol. The van der Waals surface area contributed by atoms with Crippen molar-refractivity contribution in [2.24, 2.45) is 0 Å². The zero-order valence-corrected chi connectivity index (χ0v) is 23.4.